The summed E-state index contributed by atoms with van der Waals surface area (Å²) in [5.74, 6) is -0.435. The summed E-state index contributed by atoms with van der Waals surface area (Å²) < 4.78 is 23.9. The maximum atomic E-state index is 11.9. The number of aliphatic hydroxyl groups excluding tert-OH is 1. The fraction of sp³-hybridized carbons (Fsp3) is 0.364. The highest BCUT2D eigenvalue weighted by atomic mass is 19.3. The van der Waals surface area contributed by atoms with E-state index in [2.05, 4.69) is 5.32 Å². The van der Waals surface area contributed by atoms with Crippen molar-refractivity contribution >= 4 is 11.6 Å². The number of hydrogen-bond acceptors (Lipinski definition) is 3. The minimum absolute atomic E-state index is 0.0427. The van der Waals surface area contributed by atoms with Crippen molar-refractivity contribution in [1.82, 2.24) is 5.32 Å². The molecule has 0 saturated carbocycles. The molecule has 0 heterocycles. The lowest BCUT2D eigenvalue weighted by Gasteiger charge is -2.10. The number of hydrogen-bond donors (Lipinski definition) is 3. The minimum Gasteiger partial charge on any atom is -0.399 e. The van der Waals surface area contributed by atoms with E-state index in [1.54, 1.807) is 24.3 Å². The third-order valence-corrected chi connectivity index (χ3v) is 2.11. The number of rotatable bonds is 5. The van der Waals surface area contributed by atoms with Crippen LogP contribution >= 0.6 is 0 Å². The van der Waals surface area contributed by atoms with Crippen molar-refractivity contribution in [2.75, 3.05) is 12.3 Å². The first-order valence-corrected chi connectivity index (χ1v) is 5.06. The average molecular weight is 244 g/mol. The molecule has 1 aromatic rings. The van der Waals surface area contributed by atoms with E-state index in [0.717, 1.165) is 0 Å². The smallest absolute Gasteiger partial charge is 0.265 e. The minimum atomic E-state index is -2.86. The summed E-state index contributed by atoms with van der Waals surface area (Å²) in [5, 5.41) is 11.0. The van der Waals surface area contributed by atoms with Crippen molar-refractivity contribution in [2.45, 2.75) is 19.0 Å². The van der Waals surface area contributed by atoms with Crippen LogP contribution in [0.3, 0.4) is 0 Å². The lowest BCUT2D eigenvalue weighted by molar-refractivity contribution is -0.121. The number of alkyl halides is 2. The van der Waals surface area contributed by atoms with Crippen molar-refractivity contribution in [3.63, 3.8) is 0 Å². The first-order chi connectivity index (χ1) is 7.99. The van der Waals surface area contributed by atoms with E-state index in [9.17, 15) is 13.6 Å². The zero-order valence-electron chi connectivity index (χ0n) is 9.07. The molecule has 94 valence electrons. The molecule has 0 fully saturated rings. The molecule has 1 amide bonds. The van der Waals surface area contributed by atoms with Crippen LogP contribution in [-0.4, -0.2) is 30.1 Å². The zero-order chi connectivity index (χ0) is 12.8. The summed E-state index contributed by atoms with van der Waals surface area (Å²) >= 11 is 0. The summed E-state index contributed by atoms with van der Waals surface area (Å²) in [7, 11) is 0. The van der Waals surface area contributed by atoms with Crippen molar-refractivity contribution in [2.24, 2.45) is 0 Å². The van der Waals surface area contributed by atoms with E-state index in [4.69, 9.17) is 10.8 Å². The molecule has 0 aliphatic rings. The molecule has 0 saturated heterocycles. The molecule has 0 radical (unpaired) electrons. The lowest BCUT2D eigenvalue weighted by Crippen LogP contribution is -2.36. The zero-order valence-corrected chi connectivity index (χ0v) is 9.07. The fourth-order valence-corrected chi connectivity index (χ4v) is 1.26. The number of nitrogens with one attached hydrogen (secondary N) is 1. The van der Waals surface area contributed by atoms with E-state index < -0.39 is 25.0 Å². The van der Waals surface area contributed by atoms with Gasteiger partial charge in [0.1, 0.15) is 6.10 Å². The van der Waals surface area contributed by atoms with Gasteiger partial charge in [0, 0.05) is 12.2 Å². The van der Waals surface area contributed by atoms with E-state index in [-0.39, 0.29) is 6.42 Å². The Morgan fingerprint density at radius 2 is 2.18 bits per heavy atom. The Balaban J connectivity index is 2.40. The second-order valence-electron chi connectivity index (χ2n) is 3.63. The monoisotopic (exact) mass is 244 g/mol. The van der Waals surface area contributed by atoms with Crippen LogP contribution in [0, 0.1) is 0 Å². The van der Waals surface area contributed by atoms with Gasteiger partial charge in [-0.25, -0.2) is 8.78 Å². The van der Waals surface area contributed by atoms with Crippen molar-refractivity contribution in [3.05, 3.63) is 29.8 Å². The van der Waals surface area contributed by atoms with Gasteiger partial charge in [-0.05, 0) is 17.7 Å². The van der Waals surface area contributed by atoms with E-state index in [1.807, 2.05) is 0 Å². The van der Waals surface area contributed by atoms with Crippen molar-refractivity contribution in [3.8, 4) is 0 Å². The molecule has 0 spiro atoms. The number of amides is 1. The Morgan fingerprint density at radius 3 is 2.76 bits per heavy atom. The van der Waals surface area contributed by atoms with Gasteiger partial charge in [0.25, 0.3) is 6.43 Å². The summed E-state index contributed by atoms with van der Waals surface area (Å²) in [5.41, 5.74) is 6.74. The highest BCUT2D eigenvalue weighted by Crippen LogP contribution is 2.07. The Labute approximate surface area is 97.4 Å². The molecule has 0 bridgehead atoms. The van der Waals surface area contributed by atoms with E-state index in [0.29, 0.717) is 11.3 Å². The van der Waals surface area contributed by atoms with Crippen molar-refractivity contribution in [1.29, 1.82) is 0 Å². The number of carbonyl (C=O) groups is 1. The Hall–Kier alpha value is -1.69. The molecule has 1 rings (SSSR count). The van der Waals surface area contributed by atoms with Crippen LogP contribution in [0.2, 0.25) is 0 Å². The van der Waals surface area contributed by atoms with E-state index >= 15 is 0 Å². The second-order valence-corrected chi connectivity index (χ2v) is 3.63. The molecule has 4 N–H and O–H groups in total. The molecule has 1 atom stereocenters. The number of nitrogen functional groups attached to an aromatic ring is 1. The van der Waals surface area contributed by atoms with Crippen LogP contribution in [0.5, 0.6) is 0 Å². The van der Waals surface area contributed by atoms with E-state index in [1.165, 1.54) is 0 Å². The Bertz CT molecular complexity index is 385. The standard InChI is InChI=1S/C11H14F2N2O2/c12-11(13)9(16)6-15-10(17)5-7-2-1-3-8(14)4-7/h1-4,9,11,16H,5-6,14H2,(H,15,17). The normalized spacial score (nSPS) is 12.5. The van der Waals surface area contributed by atoms with Crippen LogP contribution in [-0.2, 0) is 11.2 Å². The van der Waals surface area contributed by atoms with Gasteiger partial charge in [-0.3, -0.25) is 4.79 Å². The topological polar surface area (TPSA) is 75.4 Å². The predicted molar refractivity (Wildman–Crippen MR) is 59.6 cm³/mol. The van der Waals surface area contributed by atoms with Gasteiger partial charge in [0.2, 0.25) is 5.91 Å². The quantitative estimate of drug-likeness (QED) is 0.662. The van der Waals surface area contributed by atoms with Gasteiger partial charge >= 0.3 is 0 Å². The molecule has 1 aromatic carbocycles. The molecule has 4 nitrogen and oxygen atoms in total. The number of benzene rings is 1. The van der Waals surface area contributed by atoms with Crippen LogP contribution < -0.4 is 11.1 Å². The van der Waals surface area contributed by atoms with Gasteiger partial charge in [-0.15, -0.1) is 0 Å². The SMILES string of the molecule is Nc1cccc(CC(=O)NCC(O)C(F)F)c1. The van der Waals surface area contributed by atoms with Gasteiger partial charge in [0.05, 0.1) is 6.42 Å². The summed E-state index contributed by atoms with van der Waals surface area (Å²) in [6.07, 6.45) is -4.65. The summed E-state index contributed by atoms with van der Waals surface area (Å²) in [4.78, 5) is 11.3. The molecule has 0 aromatic heterocycles. The Morgan fingerprint density at radius 1 is 1.47 bits per heavy atom. The third kappa shape index (κ3) is 4.78. The number of nitrogens with two attached hydrogens (primary N) is 1. The predicted octanol–water partition coefficient (Wildman–Crippen LogP) is 0.553. The molecule has 6 heteroatoms. The molecular weight excluding hydrogens is 230 g/mol. The molecule has 0 aliphatic carbocycles. The first-order valence-electron chi connectivity index (χ1n) is 5.06. The van der Waals surface area contributed by atoms with Gasteiger partial charge < -0.3 is 16.2 Å². The number of carbonyl (C=O) groups excluding carboxylic acids is 1. The number of halogens is 2. The van der Waals surface area contributed by atoms with Gasteiger partial charge in [-0.2, -0.15) is 0 Å². The number of aliphatic hydroxyl groups is 1. The summed E-state index contributed by atoms with van der Waals surface area (Å²) in [6, 6.07) is 6.72. The lowest BCUT2D eigenvalue weighted by atomic mass is 10.1. The summed E-state index contributed by atoms with van der Waals surface area (Å²) in [6.45, 7) is -0.460. The van der Waals surface area contributed by atoms with Crippen LogP contribution in [0.25, 0.3) is 0 Å². The van der Waals surface area contributed by atoms with Crippen LogP contribution in [0.1, 0.15) is 5.56 Å². The highest BCUT2D eigenvalue weighted by molar-refractivity contribution is 5.78. The van der Waals surface area contributed by atoms with Crippen LogP contribution in [0.15, 0.2) is 24.3 Å². The largest absolute Gasteiger partial charge is 0.399 e. The third-order valence-electron chi connectivity index (χ3n) is 2.11. The fourth-order valence-electron chi connectivity index (χ4n) is 1.26. The van der Waals surface area contributed by atoms with Gasteiger partial charge in [-0.1, -0.05) is 12.1 Å². The Kier molecular flexibility index (Phi) is 4.84. The molecule has 0 aliphatic heterocycles. The molecular formula is C11H14F2N2O2. The highest BCUT2D eigenvalue weighted by Gasteiger charge is 2.17. The second kappa shape index (κ2) is 6.15. The number of anilines is 1. The maximum absolute atomic E-state index is 11.9. The first kappa shape index (κ1) is 13.4. The van der Waals surface area contributed by atoms with Crippen molar-refractivity contribution < 1.29 is 18.7 Å². The van der Waals surface area contributed by atoms with Gasteiger partial charge in [0.15, 0.2) is 0 Å². The van der Waals surface area contributed by atoms with Crippen LogP contribution in [0.4, 0.5) is 14.5 Å². The molecule has 1 unspecified atom stereocenters. The average Bonchev–Trinajstić information content (AvgIpc) is 2.25. The molecule has 17 heavy (non-hydrogen) atoms. The maximum Gasteiger partial charge on any atom is 0.265 e.